The smallest absolute Gasteiger partial charge is 0.128 e. The maximum atomic E-state index is 9.99. The lowest BCUT2D eigenvalue weighted by Crippen LogP contribution is -2.23. The Labute approximate surface area is 124 Å². The predicted octanol–water partition coefficient (Wildman–Crippen LogP) is 2.57. The molecule has 2 aromatic heterocycles. The Balaban J connectivity index is 1.62. The standard InChI is InChI=1S/C14H14BrN3O2/c15-10-6-17-18(7-10)8-11(19)9-20-14-3-1-2-13-12(14)4-5-16-13/h1-7,11,16,19H,8-9H2/t11-/m1/s1. The average molecular weight is 336 g/mol. The highest BCUT2D eigenvalue weighted by Gasteiger charge is 2.09. The number of aromatic nitrogens is 3. The molecule has 6 heteroatoms. The number of aliphatic hydroxyl groups is 1. The first kappa shape index (κ1) is 13.2. The van der Waals surface area contributed by atoms with Crippen LogP contribution in [0.2, 0.25) is 0 Å². The first-order valence-electron chi connectivity index (χ1n) is 6.27. The van der Waals surface area contributed by atoms with Crippen LogP contribution in [-0.2, 0) is 6.54 Å². The molecule has 3 aromatic rings. The molecule has 0 unspecified atom stereocenters. The Morgan fingerprint density at radius 3 is 3.10 bits per heavy atom. The molecule has 0 aliphatic carbocycles. The quantitative estimate of drug-likeness (QED) is 0.753. The van der Waals surface area contributed by atoms with E-state index < -0.39 is 6.10 Å². The van der Waals surface area contributed by atoms with E-state index in [0.717, 1.165) is 21.1 Å². The number of hydrogen-bond acceptors (Lipinski definition) is 3. The molecule has 0 saturated carbocycles. The van der Waals surface area contributed by atoms with Gasteiger partial charge in [-0.3, -0.25) is 4.68 Å². The van der Waals surface area contributed by atoms with Gasteiger partial charge < -0.3 is 14.8 Å². The summed E-state index contributed by atoms with van der Waals surface area (Å²) in [5.74, 6) is 0.768. The van der Waals surface area contributed by atoms with E-state index in [1.165, 1.54) is 0 Å². The number of halogens is 1. The van der Waals surface area contributed by atoms with Crippen LogP contribution in [0.1, 0.15) is 0 Å². The monoisotopic (exact) mass is 335 g/mol. The Kier molecular flexibility index (Phi) is 3.75. The van der Waals surface area contributed by atoms with Crippen LogP contribution in [0.15, 0.2) is 47.3 Å². The lowest BCUT2D eigenvalue weighted by Gasteiger charge is -2.13. The second-order valence-electron chi connectivity index (χ2n) is 4.54. The van der Waals surface area contributed by atoms with Crippen molar-refractivity contribution in [2.24, 2.45) is 0 Å². The Hall–Kier alpha value is -1.79. The lowest BCUT2D eigenvalue weighted by molar-refractivity contribution is 0.0900. The van der Waals surface area contributed by atoms with Crippen LogP contribution in [0.25, 0.3) is 10.9 Å². The van der Waals surface area contributed by atoms with Crippen LogP contribution in [0, 0.1) is 0 Å². The van der Waals surface area contributed by atoms with Crippen LogP contribution >= 0.6 is 15.9 Å². The van der Waals surface area contributed by atoms with Gasteiger partial charge in [-0.25, -0.2) is 0 Å². The van der Waals surface area contributed by atoms with Gasteiger partial charge in [-0.15, -0.1) is 0 Å². The van der Waals surface area contributed by atoms with E-state index in [2.05, 4.69) is 26.0 Å². The zero-order valence-electron chi connectivity index (χ0n) is 10.7. The van der Waals surface area contributed by atoms with Crippen molar-refractivity contribution >= 4 is 26.8 Å². The van der Waals surface area contributed by atoms with E-state index >= 15 is 0 Å². The second kappa shape index (κ2) is 5.68. The van der Waals surface area contributed by atoms with Crippen molar-refractivity contribution in [2.45, 2.75) is 12.6 Å². The summed E-state index contributed by atoms with van der Waals surface area (Å²) in [5, 5.41) is 15.1. The number of hydrogen-bond donors (Lipinski definition) is 2. The number of H-pyrrole nitrogens is 1. The zero-order valence-corrected chi connectivity index (χ0v) is 12.2. The minimum atomic E-state index is -0.615. The van der Waals surface area contributed by atoms with Crippen LogP contribution in [0.3, 0.4) is 0 Å². The minimum absolute atomic E-state index is 0.224. The Morgan fingerprint density at radius 1 is 1.40 bits per heavy atom. The third-order valence-corrected chi connectivity index (χ3v) is 3.40. The first-order chi connectivity index (χ1) is 9.72. The molecule has 0 spiro atoms. The molecule has 0 amide bonds. The molecule has 1 aromatic carbocycles. The van der Waals surface area contributed by atoms with Crippen LogP contribution in [-0.4, -0.2) is 32.6 Å². The highest BCUT2D eigenvalue weighted by atomic mass is 79.9. The van der Waals surface area contributed by atoms with Gasteiger partial charge in [0.1, 0.15) is 18.5 Å². The van der Waals surface area contributed by atoms with Gasteiger partial charge in [0.2, 0.25) is 0 Å². The second-order valence-corrected chi connectivity index (χ2v) is 5.46. The van der Waals surface area contributed by atoms with Crippen molar-refractivity contribution in [3.05, 3.63) is 47.3 Å². The van der Waals surface area contributed by atoms with E-state index in [4.69, 9.17) is 4.74 Å². The van der Waals surface area contributed by atoms with Crippen LogP contribution < -0.4 is 4.74 Å². The van der Waals surface area contributed by atoms with Gasteiger partial charge in [0.25, 0.3) is 0 Å². The third kappa shape index (κ3) is 2.86. The molecule has 0 aliphatic rings. The van der Waals surface area contributed by atoms with Crippen molar-refractivity contribution in [3.8, 4) is 5.75 Å². The summed E-state index contributed by atoms with van der Waals surface area (Å²) in [7, 11) is 0. The average Bonchev–Trinajstić information content (AvgIpc) is 3.05. The molecule has 2 heterocycles. The summed E-state index contributed by atoms with van der Waals surface area (Å²) < 4.78 is 8.26. The Bertz CT molecular complexity index is 707. The van der Waals surface area contributed by atoms with Crippen molar-refractivity contribution in [1.29, 1.82) is 0 Å². The number of aromatic amines is 1. The van der Waals surface area contributed by atoms with Crippen molar-refractivity contribution in [3.63, 3.8) is 0 Å². The molecular weight excluding hydrogens is 322 g/mol. The molecule has 0 aliphatic heterocycles. The number of aliphatic hydroxyl groups excluding tert-OH is 1. The summed E-state index contributed by atoms with van der Waals surface area (Å²) in [4.78, 5) is 3.13. The Morgan fingerprint density at radius 2 is 2.30 bits per heavy atom. The van der Waals surface area contributed by atoms with Gasteiger partial charge in [0.05, 0.1) is 17.2 Å². The summed E-state index contributed by atoms with van der Waals surface area (Å²) in [5.41, 5.74) is 1.02. The molecule has 2 N–H and O–H groups in total. The summed E-state index contributed by atoms with van der Waals surface area (Å²) in [6, 6.07) is 7.76. The number of ether oxygens (including phenoxy) is 1. The fourth-order valence-corrected chi connectivity index (χ4v) is 2.40. The van der Waals surface area contributed by atoms with E-state index in [-0.39, 0.29) is 6.61 Å². The predicted molar refractivity (Wildman–Crippen MR) is 79.7 cm³/mol. The molecule has 0 saturated heterocycles. The summed E-state index contributed by atoms with van der Waals surface area (Å²) in [6.07, 6.45) is 4.76. The van der Waals surface area contributed by atoms with Gasteiger partial charge in [0.15, 0.2) is 0 Å². The maximum absolute atomic E-state index is 9.99. The van der Waals surface area contributed by atoms with Crippen LogP contribution in [0.4, 0.5) is 0 Å². The number of rotatable bonds is 5. The van der Waals surface area contributed by atoms with Crippen LogP contribution in [0.5, 0.6) is 5.75 Å². The largest absolute Gasteiger partial charge is 0.490 e. The zero-order chi connectivity index (χ0) is 13.9. The molecule has 1 atom stereocenters. The fourth-order valence-electron chi connectivity index (χ4n) is 2.08. The van der Waals surface area contributed by atoms with Gasteiger partial charge in [-0.1, -0.05) is 6.07 Å². The summed E-state index contributed by atoms with van der Waals surface area (Å²) in [6.45, 7) is 0.622. The SMILES string of the molecule is O[C@@H](COc1cccc2[nH]ccc12)Cn1cc(Br)cn1. The van der Waals surface area contributed by atoms with E-state index in [0.29, 0.717) is 6.54 Å². The molecule has 0 bridgehead atoms. The van der Waals surface area contributed by atoms with Crippen molar-refractivity contribution in [2.75, 3.05) is 6.61 Å². The van der Waals surface area contributed by atoms with E-state index in [9.17, 15) is 5.11 Å². The van der Waals surface area contributed by atoms with Crippen molar-refractivity contribution < 1.29 is 9.84 Å². The fraction of sp³-hybridized carbons (Fsp3) is 0.214. The van der Waals surface area contributed by atoms with Gasteiger partial charge in [-0.05, 0) is 34.1 Å². The highest BCUT2D eigenvalue weighted by Crippen LogP contribution is 2.24. The minimum Gasteiger partial charge on any atom is -0.490 e. The molecule has 104 valence electrons. The number of nitrogens with one attached hydrogen (secondary N) is 1. The molecule has 0 radical (unpaired) electrons. The number of nitrogens with zero attached hydrogens (tertiary/aromatic N) is 2. The normalized spacial score (nSPS) is 12.7. The molecule has 0 fully saturated rings. The van der Waals surface area contributed by atoms with Crippen molar-refractivity contribution in [1.82, 2.24) is 14.8 Å². The topological polar surface area (TPSA) is 63.1 Å². The molecule has 5 nitrogen and oxygen atoms in total. The number of benzene rings is 1. The van der Waals surface area contributed by atoms with Gasteiger partial charge >= 0.3 is 0 Å². The molecular formula is C14H14BrN3O2. The summed E-state index contributed by atoms with van der Waals surface area (Å²) >= 11 is 3.32. The van der Waals surface area contributed by atoms with Gasteiger partial charge in [-0.2, -0.15) is 5.10 Å². The van der Waals surface area contributed by atoms with E-state index in [1.54, 1.807) is 10.9 Å². The lowest BCUT2D eigenvalue weighted by atomic mass is 10.2. The molecule has 3 rings (SSSR count). The molecule has 20 heavy (non-hydrogen) atoms. The van der Waals surface area contributed by atoms with Gasteiger partial charge in [0, 0.05) is 23.3 Å². The third-order valence-electron chi connectivity index (χ3n) is 2.99. The first-order valence-corrected chi connectivity index (χ1v) is 7.06. The van der Waals surface area contributed by atoms with E-state index in [1.807, 2.05) is 36.7 Å². The number of fused-ring (bicyclic) bond motifs is 1. The highest BCUT2D eigenvalue weighted by molar-refractivity contribution is 9.10. The maximum Gasteiger partial charge on any atom is 0.128 e.